The number of halogens is 1. The van der Waals surface area contributed by atoms with Crippen LogP contribution in [-0.4, -0.2) is 5.91 Å². The van der Waals surface area contributed by atoms with Crippen LogP contribution in [0.3, 0.4) is 0 Å². The average molecular weight is 343 g/mol. The van der Waals surface area contributed by atoms with Crippen molar-refractivity contribution >= 4 is 27.5 Å². The van der Waals surface area contributed by atoms with E-state index >= 15 is 0 Å². The van der Waals surface area contributed by atoms with E-state index in [9.17, 15) is 9.18 Å². The molecule has 2 nitrogen and oxygen atoms in total. The molecule has 0 aliphatic carbocycles. The Bertz CT molecular complexity index is 1130. The average Bonchev–Trinajstić information content (AvgIpc) is 2.68. The second kappa shape index (κ2) is 6.60. The molecule has 0 aliphatic rings. The Morgan fingerprint density at radius 1 is 0.885 bits per heavy atom. The van der Waals surface area contributed by atoms with Crippen LogP contribution < -0.4 is 5.32 Å². The highest BCUT2D eigenvalue weighted by atomic mass is 19.1. The molecule has 0 fully saturated rings. The number of carbonyl (C=O) groups excluding carboxylic acids is 1. The first-order valence-corrected chi connectivity index (χ1v) is 8.56. The van der Waals surface area contributed by atoms with Crippen molar-refractivity contribution in [2.24, 2.45) is 0 Å². The van der Waals surface area contributed by atoms with Crippen LogP contribution in [0.1, 0.15) is 21.5 Å². The van der Waals surface area contributed by atoms with Gasteiger partial charge in [-0.3, -0.25) is 4.79 Å². The van der Waals surface area contributed by atoms with Gasteiger partial charge in [0.2, 0.25) is 0 Å². The number of hydrogen-bond acceptors (Lipinski definition) is 1. The molecule has 26 heavy (non-hydrogen) atoms. The minimum Gasteiger partial charge on any atom is -0.348 e. The summed E-state index contributed by atoms with van der Waals surface area (Å²) in [5.41, 5.74) is 2.07. The third-order valence-electron chi connectivity index (χ3n) is 4.68. The predicted molar refractivity (Wildman–Crippen MR) is 104 cm³/mol. The lowest BCUT2D eigenvalue weighted by Gasteiger charge is -2.09. The van der Waals surface area contributed by atoms with Gasteiger partial charge in [-0.25, -0.2) is 4.39 Å². The van der Waals surface area contributed by atoms with E-state index in [2.05, 4.69) is 29.6 Å². The smallest absolute Gasteiger partial charge is 0.251 e. The van der Waals surface area contributed by atoms with Crippen LogP contribution in [0.25, 0.3) is 21.5 Å². The highest BCUT2D eigenvalue weighted by Crippen LogP contribution is 2.26. The third-order valence-corrected chi connectivity index (χ3v) is 4.68. The van der Waals surface area contributed by atoms with E-state index in [0.29, 0.717) is 17.7 Å². The fraction of sp³-hybridized carbons (Fsp3) is 0.0870. The molecule has 0 heterocycles. The summed E-state index contributed by atoms with van der Waals surface area (Å²) in [6, 6.07) is 22.9. The van der Waals surface area contributed by atoms with Gasteiger partial charge in [-0.1, -0.05) is 54.6 Å². The lowest BCUT2D eigenvalue weighted by atomic mass is 10.00. The summed E-state index contributed by atoms with van der Waals surface area (Å²) in [7, 11) is 0. The van der Waals surface area contributed by atoms with Crippen LogP contribution in [0.15, 0.2) is 72.8 Å². The van der Waals surface area contributed by atoms with Crippen LogP contribution in [0.2, 0.25) is 0 Å². The Kier molecular flexibility index (Phi) is 4.13. The van der Waals surface area contributed by atoms with Crippen molar-refractivity contribution < 1.29 is 9.18 Å². The van der Waals surface area contributed by atoms with Gasteiger partial charge in [0.25, 0.3) is 5.91 Å². The first kappa shape index (κ1) is 16.3. The molecule has 0 radical (unpaired) electrons. The maximum Gasteiger partial charge on any atom is 0.251 e. The number of benzene rings is 4. The molecule has 0 saturated carbocycles. The van der Waals surface area contributed by atoms with E-state index in [1.165, 1.54) is 6.07 Å². The Morgan fingerprint density at radius 3 is 2.42 bits per heavy atom. The highest BCUT2D eigenvalue weighted by Gasteiger charge is 2.08. The van der Waals surface area contributed by atoms with E-state index in [1.54, 1.807) is 19.1 Å². The first-order valence-electron chi connectivity index (χ1n) is 8.56. The zero-order valence-corrected chi connectivity index (χ0v) is 14.4. The topological polar surface area (TPSA) is 29.1 Å². The van der Waals surface area contributed by atoms with Gasteiger partial charge in [0.15, 0.2) is 0 Å². The van der Waals surface area contributed by atoms with Crippen LogP contribution in [0.5, 0.6) is 0 Å². The summed E-state index contributed by atoms with van der Waals surface area (Å²) >= 11 is 0. The Labute approximate surface area is 151 Å². The van der Waals surface area contributed by atoms with Crippen molar-refractivity contribution in [2.75, 3.05) is 0 Å². The number of hydrogen-bond donors (Lipinski definition) is 1. The van der Waals surface area contributed by atoms with Gasteiger partial charge >= 0.3 is 0 Å². The second-order valence-electron chi connectivity index (χ2n) is 6.49. The number of carbonyl (C=O) groups is 1. The summed E-state index contributed by atoms with van der Waals surface area (Å²) in [6.45, 7) is 2.09. The van der Waals surface area contributed by atoms with E-state index in [1.807, 2.05) is 30.3 Å². The maximum atomic E-state index is 13.4. The summed E-state index contributed by atoms with van der Waals surface area (Å²) in [5, 5.41) is 7.37. The first-order chi connectivity index (χ1) is 12.6. The Hall–Kier alpha value is -3.20. The zero-order chi connectivity index (χ0) is 18.1. The minimum absolute atomic E-state index is 0.137. The third kappa shape index (κ3) is 3.04. The largest absolute Gasteiger partial charge is 0.348 e. The molecule has 1 N–H and O–H groups in total. The summed E-state index contributed by atoms with van der Waals surface area (Å²) in [6.07, 6.45) is 0. The van der Waals surface area contributed by atoms with E-state index in [-0.39, 0.29) is 11.7 Å². The Balaban J connectivity index is 1.62. The molecule has 0 bridgehead atoms. The quantitative estimate of drug-likeness (QED) is 0.498. The van der Waals surface area contributed by atoms with Crippen molar-refractivity contribution in [1.29, 1.82) is 0 Å². The van der Waals surface area contributed by atoms with Crippen LogP contribution in [0.4, 0.5) is 4.39 Å². The molecule has 4 aromatic carbocycles. The lowest BCUT2D eigenvalue weighted by molar-refractivity contribution is 0.0951. The molecular formula is C23H18FNO. The number of nitrogens with one attached hydrogen (secondary N) is 1. The van der Waals surface area contributed by atoms with Crippen molar-refractivity contribution in [3.8, 4) is 0 Å². The van der Waals surface area contributed by atoms with E-state index < -0.39 is 0 Å². The summed E-state index contributed by atoms with van der Waals surface area (Å²) in [4.78, 5) is 12.6. The normalized spacial score (nSPS) is 11.0. The number of aryl methyl sites for hydroxylation is 1. The fourth-order valence-corrected chi connectivity index (χ4v) is 3.24. The van der Waals surface area contributed by atoms with Crippen molar-refractivity contribution in [2.45, 2.75) is 13.5 Å². The molecule has 0 aliphatic heterocycles. The second-order valence-corrected chi connectivity index (χ2v) is 6.49. The number of rotatable bonds is 3. The standard InChI is InChI=1S/C23H18FNO/c1-15-12-16(6-11-22(15)24)14-25-23(26)19-10-9-18-8-7-17-4-2-3-5-20(17)21(18)13-19/h2-13H,14H2,1H3,(H,25,26). The number of fused-ring (bicyclic) bond motifs is 3. The molecule has 3 heteroatoms. The van der Waals surface area contributed by atoms with Gasteiger partial charge in [0, 0.05) is 12.1 Å². The predicted octanol–water partition coefficient (Wildman–Crippen LogP) is 5.37. The van der Waals surface area contributed by atoms with Gasteiger partial charge in [-0.15, -0.1) is 0 Å². The van der Waals surface area contributed by atoms with Gasteiger partial charge in [0.1, 0.15) is 5.82 Å². The Morgan fingerprint density at radius 2 is 1.62 bits per heavy atom. The molecule has 4 aromatic rings. The molecule has 1 amide bonds. The molecule has 4 rings (SSSR count). The summed E-state index contributed by atoms with van der Waals surface area (Å²) in [5.74, 6) is -0.372. The molecule has 128 valence electrons. The van der Waals surface area contributed by atoms with Gasteiger partial charge in [-0.2, -0.15) is 0 Å². The van der Waals surface area contributed by atoms with Gasteiger partial charge in [0.05, 0.1) is 0 Å². The van der Waals surface area contributed by atoms with Crippen molar-refractivity contribution in [1.82, 2.24) is 5.32 Å². The summed E-state index contributed by atoms with van der Waals surface area (Å²) < 4.78 is 13.4. The molecular weight excluding hydrogens is 325 g/mol. The SMILES string of the molecule is Cc1cc(CNC(=O)c2ccc3ccc4ccccc4c3c2)ccc1F. The molecule has 0 aromatic heterocycles. The minimum atomic E-state index is -0.235. The van der Waals surface area contributed by atoms with Gasteiger partial charge < -0.3 is 5.32 Å². The molecule has 0 unspecified atom stereocenters. The fourth-order valence-electron chi connectivity index (χ4n) is 3.24. The van der Waals surface area contributed by atoms with Crippen molar-refractivity contribution in [3.05, 3.63) is 95.3 Å². The molecule has 0 spiro atoms. The maximum absolute atomic E-state index is 13.4. The van der Waals surface area contributed by atoms with Crippen LogP contribution >= 0.6 is 0 Å². The highest BCUT2D eigenvalue weighted by molar-refractivity contribution is 6.10. The lowest BCUT2D eigenvalue weighted by Crippen LogP contribution is -2.22. The van der Waals surface area contributed by atoms with E-state index in [4.69, 9.17) is 0 Å². The van der Waals surface area contributed by atoms with Crippen molar-refractivity contribution in [3.63, 3.8) is 0 Å². The van der Waals surface area contributed by atoms with Crippen LogP contribution in [-0.2, 0) is 6.54 Å². The van der Waals surface area contributed by atoms with E-state index in [0.717, 1.165) is 27.1 Å². The zero-order valence-electron chi connectivity index (χ0n) is 14.4. The molecule has 0 saturated heterocycles. The van der Waals surface area contributed by atoms with Gasteiger partial charge in [-0.05, 0) is 57.8 Å². The van der Waals surface area contributed by atoms with Crippen LogP contribution in [0, 0.1) is 12.7 Å². The number of amides is 1. The monoisotopic (exact) mass is 343 g/mol. The molecule has 0 atom stereocenters.